The first-order valence-electron chi connectivity index (χ1n) is 9.03. The third-order valence-electron chi connectivity index (χ3n) is 4.85. The van der Waals surface area contributed by atoms with E-state index in [0.717, 1.165) is 30.8 Å². The second kappa shape index (κ2) is 8.15. The summed E-state index contributed by atoms with van der Waals surface area (Å²) in [5.74, 6) is -0.323. The molecule has 5 nitrogen and oxygen atoms in total. The molecule has 0 radical (unpaired) electrons. The number of carbonyl (C=O) groups excluding carboxylic acids is 2. The van der Waals surface area contributed by atoms with Crippen molar-refractivity contribution in [2.24, 2.45) is 0 Å². The van der Waals surface area contributed by atoms with Crippen LogP contribution < -0.4 is 10.6 Å². The van der Waals surface area contributed by atoms with Crippen molar-refractivity contribution in [3.63, 3.8) is 0 Å². The van der Waals surface area contributed by atoms with Gasteiger partial charge in [0.1, 0.15) is 0 Å². The standard InChI is InChI=1S/C21H25N3O2/c1-15-18(21(26)22-2)9-6-10-19(15)23-20(25)17-8-5-7-16(13-17)14-24-11-3-4-12-24/h5-10,13H,3-4,11-12,14H2,1-2H3,(H,22,26)(H,23,25). The van der Waals surface area contributed by atoms with Crippen LogP contribution in [0.5, 0.6) is 0 Å². The average molecular weight is 351 g/mol. The Balaban J connectivity index is 1.75. The van der Waals surface area contributed by atoms with Crippen LogP contribution in [0, 0.1) is 6.92 Å². The minimum absolute atomic E-state index is 0.161. The highest BCUT2D eigenvalue weighted by Gasteiger charge is 2.15. The number of likely N-dealkylation sites (tertiary alicyclic amines) is 1. The van der Waals surface area contributed by atoms with Gasteiger partial charge in [-0.15, -0.1) is 0 Å². The van der Waals surface area contributed by atoms with E-state index < -0.39 is 0 Å². The van der Waals surface area contributed by atoms with Gasteiger partial charge in [-0.1, -0.05) is 18.2 Å². The second-order valence-electron chi connectivity index (χ2n) is 6.70. The van der Waals surface area contributed by atoms with Crippen molar-refractivity contribution in [3.8, 4) is 0 Å². The summed E-state index contributed by atoms with van der Waals surface area (Å²) in [5, 5.41) is 5.55. The Kier molecular flexibility index (Phi) is 5.68. The van der Waals surface area contributed by atoms with Gasteiger partial charge in [-0.05, 0) is 68.2 Å². The molecule has 0 spiro atoms. The maximum atomic E-state index is 12.7. The zero-order chi connectivity index (χ0) is 18.5. The number of amides is 2. The molecule has 1 heterocycles. The number of nitrogens with one attached hydrogen (secondary N) is 2. The maximum absolute atomic E-state index is 12.7. The van der Waals surface area contributed by atoms with E-state index in [1.165, 1.54) is 12.8 Å². The molecule has 0 aromatic heterocycles. The molecule has 2 aromatic rings. The van der Waals surface area contributed by atoms with Crippen molar-refractivity contribution in [1.82, 2.24) is 10.2 Å². The van der Waals surface area contributed by atoms with Crippen molar-refractivity contribution in [1.29, 1.82) is 0 Å². The lowest BCUT2D eigenvalue weighted by molar-refractivity contribution is 0.0960. The number of rotatable bonds is 5. The largest absolute Gasteiger partial charge is 0.355 e. The number of benzene rings is 2. The monoisotopic (exact) mass is 351 g/mol. The molecule has 0 bridgehead atoms. The molecule has 3 rings (SSSR count). The summed E-state index contributed by atoms with van der Waals surface area (Å²) in [4.78, 5) is 27.0. The molecule has 0 atom stereocenters. The van der Waals surface area contributed by atoms with Gasteiger partial charge in [0.2, 0.25) is 0 Å². The predicted octanol–water partition coefficient (Wildman–Crippen LogP) is 3.20. The van der Waals surface area contributed by atoms with E-state index in [1.54, 1.807) is 19.2 Å². The van der Waals surface area contributed by atoms with Crippen LogP contribution in [-0.2, 0) is 6.54 Å². The van der Waals surface area contributed by atoms with E-state index in [1.807, 2.05) is 31.2 Å². The van der Waals surface area contributed by atoms with E-state index in [-0.39, 0.29) is 11.8 Å². The van der Waals surface area contributed by atoms with Crippen molar-refractivity contribution in [3.05, 3.63) is 64.7 Å². The fourth-order valence-electron chi connectivity index (χ4n) is 3.36. The van der Waals surface area contributed by atoms with Gasteiger partial charge < -0.3 is 10.6 Å². The first kappa shape index (κ1) is 18.1. The Labute approximate surface area is 154 Å². The SMILES string of the molecule is CNC(=O)c1cccc(NC(=O)c2cccc(CN3CCCC3)c2)c1C. The highest BCUT2D eigenvalue weighted by molar-refractivity contribution is 6.06. The van der Waals surface area contributed by atoms with Crippen LogP contribution in [0.2, 0.25) is 0 Å². The number of hydrogen-bond acceptors (Lipinski definition) is 3. The van der Waals surface area contributed by atoms with Crippen LogP contribution >= 0.6 is 0 Å². The highest BCUT2D eigenvalue weighted by atomic mass is 16.2. The maximum Gasteiger partial charge on any atom is 0.255 e. The average Bonchev–Trinajstić information content (AvgIpc) is 3.16. The smallest absolute Gasteiger partial charge is 0.255 e. The summed E-state index contributed by atoms with van der Waals surface area (Å²) in [6.07, 6.45) is 2.50. The van der Waals surface area contributed by atoms with E-state index >= 15 is 0 Å². The third-order valence-corrected chi connectivity index (χ3v) is 4.85. The first-order chi connectivity index (χ1) is 12.6. The molecule has 1 saturated heterocycles. The second-order valence-corrected chi connectivity index (χ2v) is 6.70. The topological polar surface area (TPSA) is 61.4 Å². The van der Waals surface area contributed by atoms with Gasteiger partial charge in [0.15, 0.2) is 0 Å². The Hall–Kier alpha value is -2.66. The lowest BCUT2D eigenvalue weighted by Gasteiger charge is -2.15. The van der Waals surface area contributed by atoms with Gasteiger partial charge >= 0.3 is 0 Å². The molecule has 1 aliphatic rings. The van der Waals surface area contributed by atoms with Gasteiger partial charge in [-0.25, -0.2) is 0 Å². The van der Waals surface area contributed by atoms with Crippen molar-refractivity contribution >= 4 is 17.5 Å². The van der Waals surface area contributed by atoms with Crippen LogP contribution in [0.25, 0.3) is 0 Å². The fraction of sp³-hybridized carbons (Fsp3) is 0.333. The van der Waals surface area contributed by atoms with Gasteiger partial charge in [-0.2, -0.15) is 0 Å². The van der Waals surface area contributed by atoms with Crippen LogP contribution in [0.15, 0.2) is 42.5 Å². The Bertz CT molecular complexity index is 811. The van der Waals surface area contributed by atoms with Crippen LogP contribution in [0.1, 0.15) is 44.7 Å². The number of carbonyl (C=O) groups is 2. The minimum Gasteiger partial charge on any atom is -0.355 e. The summed E-state index contributed by atoms with van der Waals surface area (Å²) < 4.78 is 0. The molecule has 0 unspecified atom stereocenters. The molecule has 26 heavy (non-hydrogen) atoms. The molecule has 5 heteroatoms. The summed E-state index contributed by atoms with van der Waals surface area (Å²) in [7, 11) is 1.60. The van der Waals surface area contributed by atoms with E-state index in [4.69, 9.17) is 0 Å². The molecule has 0 saturated carbocycles. The summed E-state index contributed by atoms with van der Waals surface area (Å²) in [6, 6.07) is 13.1. The van der Waals surface area contributed by atoms with E-state index in [9.17, 15) is 9.59 Å². The number of hydrogen-bond donors (Lipinski definition) is 2. The Morgan fingerprint density at radius 2 is 1.77 bits per heavy atom. The van der Waals surface area contributed by atoms with Gasteiger partial charge in [-0.3, -0.25) is 14.5 Å². The lowest BCUT2D eigenvalue weighted by atomic mass is 10.1. The molecule has 2 aromatic carbocycles. The normalized spacial score (nSPS) is 14.2. The minimum atomic E-state index is -0.162. The Morgan fingerprint density at radius 3 is 2.50 bits per heavy atom. The van der Waals surface area contributed by atoms with Crippen molar-refractivity contribution < 1.29 is 9.59 Å². The molecular formula is C21H25N3O2. The molecule has 2 N–H and O–H groups in total. The van der Waals surface area contributed by atoms with Crippen LogP contribution in [0.3, 0.4) is 0 Å². The molecular weight excluding hydrogens is 326 g/mol. The van der Waals surface area contributed by atoms with E-state index in [0.29, 0.717) is 16.8 Å². The molecule has 136 valence electrons. The first-order valence-corrected chi connectivity index (χ1v) is 9.03. The Morgan fingerprint density at radius 1 is 1.04 bits per heavy atom. The van der Waals surface area contributed by atoms with Crippen LogP contribution in [0.4, 0.5) is 5.69 Å². The van der Waals surface area contributed by atoms with Gasteiger partial charge in [0.25, 0.3) is 11.8 Å². The summed E-state index contributed by atoms with van der Waals surface area (Å²) in [5.41, 5.74) is 3.75. The van der Waals surface area contributed by atoms with Crippen molar-refractivity contribution in [2.45, 2.75) is 26.3 Å². The van der Waals surface area contributed by atoms with E-state index in [2.05, 4.69) is 21.6 Å². The summed E-state index contributed by atoms with van der Waals surface area (Å²) in [6.45, 7) is 4.97. The third kappa shape index (κ3) is 4.11. The molecule has 1 fully saturated rings. The fourth-order valence-corrected chi connectivity index (χ4v) is 3.36. The zero-order valence-electron chi connectivity index (χ0n) is 15.3. The lowest BCUT2D eigenvalue weighted by Crippen LogP contribution is -2.21. The van der Waals surface area contributed by atoms with Gasteiger partial charge in [0, 0.05) is 30.4 Å². The molecule has 1 aliphatic heterocycles. The van der Waals surface area contributed by atoms with Gasteiger partial charge in [0.05, 0.1) is 0 Å². The highest BCUT2D eigenvalue weighted by Crippen LogP contribution is 2.20. The van der Waals surface area contributed by atoms with Crippen molar-refractivity contribution in [2.75, 3.05) is 25.5 Å². The zero-order valence-corrected chi connectivity index (χ0v) is 15.3. The molecule has 0 aliphatic carbocycles. The quantitative estimate of drug-likeness (QED) is 0.870. The summed E-state index contributed by atoms with van der Waals surface area (Å²) >= 11 is 0. The van der Waals surface area contributed by atoms with Crippen LogP contribution in [-0.4, -0.2) is 36.9 Å². The number of nitrogens with zero attached hydrogens (tertiary/aromatic N) is 1. The predicted molar refractivity (Wildman–Crippen MR) is 103 cm³/mol. The molecule has 2 amide bonds. The number of anilines is 1.